The predicted octanol–water partition coefficient (Wildman–Crippen LogP) is 3.46. The van der Waals surface area contributed by atoms with Gasteiger partial charge in [-0.1, -0.05) is 26.0 Å². The van der Waals surface area contributed by atoms with Crippen molar-refractivity contribution >= 4 is 0 Å². The topological polar surface area (TPSA) is 15.7 Å². The number of piperazine rings is 1. The van der Waals surface area contributed by atoms with Crippen LogP contribution in [0.5, 0.6) is 0 Å². The fourth-order valence-corrected chi connectivity index (χ4v) is 2.66. The van der Waals surface area contributed by atoms with Gasteiger partial charge in [0, 0.05) is 32.2 Å². The predicted molar refractivity (Wildman–Crippen MR) is 91.4 cm³/mol. The molecule has 1 atom stereocenters. The standard InChI is InChI=1S/C14H24N2O.C4H8/c1-3-7-15-8-10-16(11-9-15)13-5-4-6-14(12-13)17-2;1-3-4-2/h4,6,12-13H,3,5,7-11H2,1-2H3;3H,1,4H2,2H3. The number of hydrogen-bond acceptors (Lipinski definition) is 3. The maximum absolute atomic E-state index is 5.31. The average molecular weight is 292 g/mol. The van der Waals surface area contributed by atoms with E-state index in [1.807, 2.05) is 6.08 Å². The van der Waals surface area contributed by atoms with E-state index in [-0.39, 0.29) is 0 Å². The third kappa shape index (κ3) is 6.49. The fraction of sp³-hybridized carbons (Fsp3) is 0.667. The minimum Gasteiger partial charge on any atom is -0.497 e. The molecule has 0 aromatic heterocycles. The lowest BCUT2D eigenvalue weighted by Crippen LogP contribution is -2.50. The van der Waals surface area contributed by atoms with E-state index < -0.39 is 0 Å². The SMILES string of the molecule is C=CCC.CCCN1CCN(C2C=C(OC)C=CC2)CC1. The summed E-state index contributed by atoms with van der Waals surface area (Å²) < 4.78 is 5.31. The molecule has 0 amide bonds. The van der Waals surface area contributed by atoms with Gasteiger partial charge in [-0.25, -0.2) is 0 Å². The van der Waals surface area contributed by atoms with Gasteiger partial charge >= 0.3 is 0 Å². The summed E-state index contributed by atoms with van der Waals surface area (Å²) in [5.74, 6) is 1.01. The van der Waals surface area contributed by atoms with Crippen LogP contribution in [-0.2, 0) is 4.74 Å². The van der Waals surface area contributed by atoms with Gasteiger partial charge in [0.1, 0.15) is 5.76 Å². The van der Waals surface area contributed by atoms with Crippen molar-refractivity contribution in [1.29, 1.82) is 0 Å². The highest BCUT2D eigenvalue weighted by molar-refractivity contribution is 5.20. The molecular weight excluding hydrogens is 260 g/mol. The number of ether oxygens (including phenoxy) is 1. The molecule has 1 fully saturated rings. The molecule has 1 unspecified atom stereocenters. The molecule has 0 N–H and O–H groups in total. The average Bonchev–Trinajstić information content (AvgIpc) is 2.56. The molecule has 0 saturated carbocycles. The summed E-state index contributed by atoms with van der Waals surface area (Å²) in [5, 5.41) is 0. The van der Waals surface area contributed by atoms with Crippen LogP contribution in [0.2, 0.25) is 0 Å². The Labute approximate surface area is 131 Å². The molecule has 2 aliphatic rings. The van der Waals surface area contributed by atoms with Crippen LogP contribution >= 0.6 is 0 Å². The van der Waals surface area contributed by atoms with E-state index in [2.05, 4.69) is 48.5 Å². The molecule has 1 heterocycles. The molecule has 0 aromatic rings. The first kappa shape index (κ1) is 18.0. The maximum Gasteiger partial charge on any atom is 0.116 e. The molecule has 0 aromatic carbocycles. The van der Waals surface area contributed by atoms with E-state index in [1.54, 1.807) is 7.11 Å². The second kappa shape index (κ2) is 10.6. The van der Waals surface area contributed by atoms with E-state index >= 15 is 0 Å². The van der Waals surface area contributed by atoms with Crippen molar-refractivity contribution in [2.24, 2.45) is 0 Å². The smallest absolute Gasteiger partial charge is 0.116 e. The maximum atomic E-state index is 5.31. The molecule has 0 radical (unpaired) electrons. The third-order valence-corrected chi connectivity index (χ3v) is 3.96. The Hall–Kier alpha value is -1.06. The van der Waals surface area contributed by atoms with Gasteiger partial charge in [0.05, 0.1) is 7.11 Å². The largest absolute Gasteiger partial charge is 0.497 e. The number of hydrogen-bond donors (Lipinski definition) is 0. The number of allylic oxidation sites excluding steroid dienone is 2. The molecule has 3 heteroatoms. The zero-order valence-corrected chi connectivity index (χ0v) is 14.1. The number of rotatable bonds is 5. The van der Waals surface area contributed by atoms with Crippen molar-refractivity contribution in [2.75, 3.05) is 39.8 Å². The normalized spacial score (nSPS) is 23.0. The summed E-state index contributed by atoms with van der Waals surface area (Å²) in [5.41, 5.74) is 0. The van der Waals surface area contributed by atoms with Crippen molar-refractivity contribution < 1.29 is 4.74 Å². The Balaban J connectivity index is 0.000000491. The Morgan fingerprint density at radius 3 is 2.48 bits per heavy atom. The van der Waals surface area contributed by atoms with Gasteiger partial charge in [0.15, 0.2) is 0 Å². The Morgan fingerprint density at radius 2 is 1.95 bits per heavy atom. The highest BCUT2D eigenvalue weighted by Gasteiger charge is 2.22. The third-order valence-electron chi connectivity index (χ3n) is 3.96. The molecule has 3 nitrogen and oxygen atoms in total. The van der Waals surface area contributed by atoms with Crippen molar-refractivity contribution in [1.82, 2.24) is 9.80 Å². The Bertz CT molecular complexity index is 341. The molecule has 120 valence electrons. The molecule has 1 aliphatic carbocycles. The van der Waals surface area contributed by atoms with Crippen LogP contribution < -0.4 is 0 Å². The lowest BCUT2D eigenvalue weighted by Gasteiger charge is -2.38. The molecule has 1 saturated heterocycles. The minimum absolute atomic E-state index is 0.540. The van der Waals surface area contributed by atoms with Crippen LogP contribution in [0.1, 0.15) is 33.1 Å². The van der Waals surface area contributed by atoms with Crippen LogP contribution in [0.15, 0.2) is 36.6 Å². The van der Waals surface area contributed by atoms with Crippen LogP contribution in [0.4, 0.5) is 0 Å². The molecule has 0 bridgehead atoms. The lowest BCUT2D eigenvalue weighted by atomic mass is 10.1. The first-order valence-electron chi connectivity index (χ1n) is 8.24. The van der Waals surface area contributed by atoms with Crippen molar-refractivity contribution in [3.05, 3.63) is 36.6 Å². The van der Waals surface area contributed by atoms with Crippen LogP contribution in [0.25, 0.3) is 0 Å². The Morgan fingerprint density at radius 1 is 1.29 bits per heavy atom. The van der Waals surface area contributed by atoms with Gasteiger partial charge in [-0.3, -0.25) is 4.90 Å². The lowest BCUT2D eigenvalue weighted by molar-refractivity contribution is 0.110. The van der Waals surface area contributed by atoms with Crippen molar-refractivity contribution in [3.8, 4) is 0 Å². The second-order valence-corrected chi connectivity index (χ2v) is 5.55. The zero-order chi connectivity index (χ0) is 15.5. The van der Waals surface area contributed by atoms with Gasteiger partial charge in [0.2, 0.25) is 0 Å². The van der Waals surface area contributed by atoms with Gasteiger partial charge in [0.25, 0.3) is 0 Å². The van der Waals surface area contributed by atoms with Crippen molar-refractivity contribution in [2.45, 2.75) is 39.2 Å². The minimum atomic E-state index is 0.540. The molecular formula is C18H32N2O. The van der Waals surface area contributed by atoms with E-state index in [1.165, 1.54) is 39.1 Å². The highest BCUT2D eigenvalue weighted by Crippen LogP contribution is 2.18. The van der Waals surface area contributed by atoms with Gasteiger partial charge in [-0.2, -0.15) is 0 Å². The summed E-state index contributed by atoms with van der Waals surface area (Å²) in [6.07, 6.45) is 11.9. The number of nitrogens with zero attached hydrogens (tertiary/aromatic N) is 2. The first-order valence-corrected chi connectivity index (χ1v) is 8.24. The number of methoxy groups -OCH3 is 1. The fourth-order valence-electron chi connectivity index (χ4n) is 2.66. The van der Waals surface area contributed by atoms with Crippen LogP contribution in [-0.4, -0.2) is 55.7 Å². The molecule has 2 rings (SSSR count). The molecule has 21 heavy (non-hydrogen) atoms. The van der Waals surface area contributed by atoms with Crippen LogP contribution in [0.3, 0.4) is 0 Å². The Kier molecular flexibility index (Phi) is 9.11. The van der Waals surface area contributed by atoms with E-state index in [0.717, 1.165) is 18.6 Å². The summed E-state index contributed by atoms with van der Waals surface area (Å²) >= 11 is 0. The zero-order valence-electron chi connectivity index (χ0n) is 14.1. The summed E-state index contributed by atoms with van der Waals surface area (Å²) in [7, 11) is 1.75. The second-order valence-electron chi connectivity index (χ2n) is 5.55. The quantitative estimate of drug-likeness (QED) is 0.722. The molecule has 0 spiro atoms. The van der Waals surface area contributed by atoms with Crippen LogP contribution in [0, 0.1) is 0 Å². The molecule has 1 aliphatic heterocycles. The summed E-state index contributed by atoms with van der Waals surface area (Å²) in [6, 6.07) is 0.540. The highest BCUT2D eigenvalue weighted by atomic mass is 16.5. The van der Waals surface area contributed by atoms with Gasteiger partial charge in [-0.05, 0) is 38.0 Å². The summed E-state index contributed by atoms with van der Waals surface area (Å²) in [4.78, 5) is 5.14. The summed E-state index contributed by atoms with van der Waals surface area (Å²) in [6.45, 7) is 13.8. The first-order chi connectivity index (χ1) is 10.2. The van der Waals surface area contributed by atoms with Gasteiger partial charge in [-0.15, -0.1) is 6.58 Å². The van der Waals surface area contributed by atoms with E-state index in [0.29, 0.717) is 6.04 Å². The van der Waals surface area contributed by atoms with E-state index in [9.17, 15) is 0 Å². The monoisotopic (exact) mass is 292 g/mol. The van der Waals surface area contributed by atoms with E-state index in [4.69, 9.17) is 4.74 Å². The van der Waals surface area contributed by atoms with Crippen molar-refractivity contribution in [3.63, 3.8) is 0 Å². The van der Waals surface area contributed by atoms with Gasteiger partial charge < -0.3 is 9.64 Å².